The van der Waals surface area contributed by atoms with Crippen LogP contribution in [-0.4, -0.2) is 6.21 Å². The number of benzene rings is 1. The molecule has 0 aliphatic rings. The monoisotopic (exact) mass is 176 g/mol. The van der Waals surface area contributed by atoms with Gasteiger partial charge in [0.15, 0.2) is 0 Å². The van der Waals surface area contributed by atoms with Crippen LogP contribution >= 0.6 is 0 Å². The van der Waals surface area contributed by atoms with Crippen LogP contribution in [0.1, 0.15) is 19.4 Å². The van der Waals surface area contributed by atoms with Crippen LogP contribution in [0.2, 0.25) is 0 Å². The van der Waals surface area contributed by atoms with Gasteiger partial charge in [0, 0.05) is 11.9 Å². The summed E-state index contributed by atoms with van der Waals surface area (Å²) >= 11 is 0. The molecule has 1 rings (SSSR count). The van der Waals surface area contributed by atoms with E-state index in [9.17, 15) is 0 Å². The molecule has 0 spiro atoms. The van der Waals surface area contributed by atoms with Crippen LogP contribution in [0.3, 0.4) is 0 Å². The molecule has 0 amide bonds. The molecule has 1 aromatic rings. The summed E-state index contributed by atoms with van der Waals surface area (Å²) in [5.74, 6) is 0. The highest BCUT2D eigenvalue weighted by Gasteiger charge is 1.90. The lowest BCUT2D eigenvalue weighted by Crippen LogP contribution is -1.95. The van der Waals surface area contributed by atoms with Crippen LogP contribution in [0.4, 0.5) is 0 Å². The van der Waals surface area contributed by atoms with Gasteiger partial charge in [-0.2, -0.15) is 0 Å². The van der Waals surface area contributed by atoms with Crippen LogP contribution in [0.25, 0.3) is 5.70 Å². The van der Waals surface area contributed by atoms with E-state index in [1.807, 2.05) is 44.2 Å². The molecule has 0 heterocycles. The van der Waals surface area contributed by atoms with Gasteiger partial charge in [-0.15, -0.1) is 0 Å². The van der Waals surface area contributed by atoms with Gasteiger partial charge in [0.05, 0.1) is 0 Å². The van der Waals surface area contributed by atoms with Crippen molar-refractivity contribution in [2.45, 2.75) is 13.8 Å². The molecule has 0 aromatic heterocycles. The Morgan fingerprint density at radius 2 is 1.77 bits per heavy atom. The number of hydrogen-bond donors (Lipinski definition) is 2. The van der Waals surface area contributed by atoms with E-state index in [4.69, 9.17) is 11.1 Å². The third-order valence-electron chi connectivity index (χ3n) is 1.37. The van der Waals surface area contributed by atoms with Crippen molar-refractivity contribution in [2.75, 3.05) is 0 Å². The summed E-state index contributed by atoms with van der Waals surface area (Å²) in [6.45, 7) is 4.00. The van der Waals surface area contributed by atoms with E-state index in [0.29, 0.717) is 5.70 Å². The van der Waals surface area contributed by atoms with E-state index in [-0.39, 0.29) is 0 Å². The van der Waals surface area contributed by atoms with Crippen LogP contribution in [0, 0.1) is 5.41 Å². The zero-order valence-corrected chi connectivity index (χ0v) is 8.12. The normalized spacial score (nSPS) is 9.85. The Kier molecular flexibility index (Phi) is 6.24. The van der Waals surface area contributed by atoms with E-state index in [2.05, 4.69) is 0 Å². The molecule has 2 nitrogen and oxygen atoms in total. The molecule has 70 valence electrons. The average molecular weight is 176 g/mol. The van der Waals surface area contributed by atoms with Crippen molar-refractivity contribution in [3.8, 4) is 0 Å². The Balaban J connectivity index is 0.000000671. The maximum absolute atomic E-state index is 6.80. The van der Waals surface area contributed by atoms with E-state index < -0.39 is 0 Å². The highest BCUT2D eigenvalue weighted by molar-refractivity contribution is 5.81. The third-order valence-corrected chi connectivity index (χ3v) is 1.37. The van der Waals surface area contributed by atoms with Crippen LogP contribution in [0.15, 0.2) is 36.4 Å². The molecular weight excluding hydrogens is 160 g/mol. The molecule has 0 aliphatic carbocycles. The Morgan fingerprint density at radius 3 is 2.23 bits per heavy atom. The number of nitrogens with two attached hydrogens (primary N) is 1. The lowest BCUT2D eigenvalue weighted by atomic mass is 10.1. The summed E-state index contributed by atoms with van der Waals surface area (Å²) < 4.78 is 0. The summed E-state index contributed by atoms with van der Waals surface area (Å²) in [5.41, 5.74) is 7.20. The summed E-state index contributed by atoms with van der Waals surface area (Å²) in [6, 6.07) is 9.59. The van der Waals surface area contributed by atoms with Gasteiger partial charge < -0.3 is 11.1 Å². The average Bonchev–Trinajstić information content (AvgIpc) is 2.23. The molecule has 2 heteroatoms. The fourth-order valence-corrected chi connectivity index (χ4v) is 0.817. The predicted octanol–water partition coefficient (Wildman–Crippen LogP) is 2.66. The van der Waals surface area contributed by atoms with E-state index in [0.717, 1.165) is 5.56 Å². The maximum atomic E-state index is 6.80. The summed E-state index contributed by atoms with van der Waals surface area (Å²) in [4.78, 5) is 0. The third kappa shape index (κ3) is 4.11. The Labute approximate surface area is 79.6 Å². The zero-order chi connectivity index (χ0) is 10.1. The Hall–Kier alpha value is -1.57. The topological polar surface area (TPSA) is 49.9 Å². The van der Waals surface area contributed by atoms with Crippen LogP contribution < -0.4 is 5.73 Å². The molecule has 0 aliphatic heterocycles. The first-order chi connectivity index (χ1) is 6.34. The first-order valence-corrected chi connectivity index (χ1v) is 4.36. The minimum atomic E-state index is 0.626. The fourth-order valence-electron chi connectivity index (χ4n) is 0.817. The number of nitrogens with one attached hydrogen (secondary N) is 1. The molecule has 1 aromatic carbocycles. The smallest absolute Gasteiger partial charge is 0.0402 e. The Morgan fingerprint density at radius 1 is 1.23 bits per heavy atom. The molecular formula is C11H16N2. The molecule has 0 unspecified atom stereocenters. The molecule has 0 atom stereocenters. The standard InChI is InChI=1S/C9H10N2.C2H6/c10-7-6-9(11)8-4-2-1-3-5-8;1-2/h1-7,10H,11H2;1-2H3/b9-6-,10-7?;. The molecule has 13 heavy (non-hydrogen) atoms. The molecule has 0 saturated carbocycles. The van der Waals surface area contributed by atoms with Gasteiger partial charge in [-0.05, 0) is 11.6 Å². The second kappa shape index (κ2) is 7.10. The minimum Gasteiger partial charge on any atom is -0.398 e. The highest BCUT2D eigenvalue weighted by Crippen LogP contribution is 2.05. The number of rotatable bonds is 2. The maximum Gasteiger partial charge on any atom is 0.0402 e. The van der Waals surface area contributed by atoms with Crippen molar-refractivity contribution >= 4 is 11.9 Å². The predicted molar refractivity (Wildman–Crippen MR) is 58.7 cm³/mol. The van der Waals surface area contributed by atoms with E-state index >= 15 is 0 Å². The van der Waals surface area contributed by atoms with Crippen molar-refractivity contribution in [3.63, 3.8) is 0 Å². The summed E-state index contributed by atoms with van der Waals surface area (Å²) in [5, 5.41) is 6.80. The van der Waals surface area contributed by atoms with Crippen LogP contribution in [-0.2, 0) is 0 Å². The first-order valence-electron chi connectivity index (χ1n) is 4.36. The van der Waals surface area contributed by atoms with E-state index in [1.165, 1.54) is 6.21 Å². The van der Waals surface area contributed by atoms with Crippen LogP contribution in [0.5, 0.6) is 0 Å². The van der Waals surface area contributed by atoms with Gasteiger partial charge in [0.2, 0.25) is 0 Å². The van der Waals surface area contributed by atoms with Crippen molar-refractivity contribution < 1.29 is 0 Å². The largest absolute Gasteiger partial charge is 0.398 e. The van der Waals surface area contributed by atoms with Gasteiger partial charge in [-0.3, -0.25) is 0 Å². The fraction of sp³-hybridized carbons (Fsp3) is 0.182. The Bertz CT molecular complexity index is 263. The van der Waals surface area contributed by atoms with Gasteiger partial charge in [0.1, 0.15) is 0 Å². The van der Waals surface area contributed by atoms with Crippen molar-refractivity contribution in [1.29, 1.82) is 5.41 Å². The number of hydrogen-bond acceptors (Lipinski definition) is 2. The minimum absolute atomic E-state index is 0.626. The van der Waals surface area contributed by atoms with Gasteiger partial charge in [-0.25, -0.2) is 0 Å². The lowest BCUT2D eigenvalue weighted by molar-refractivity contribution is 1.50. The quantitative estimate of drug-likeness (QED) is 0.669. The SMILES string of the molecule is CC.N=C/C=C(\N)c1ccccc1. The van der Waals surface area contributed by atoms with Gasteiger partial charge >= 0.3 is 0 Å². The molecule has 0 radical (unpaired) electrons. The number of allylic oxidation sites excluding steroid dienone is 1. The van der Waals surface area contributed by atoms with Gasteiger partial charge in [-0.1, -0.05) is 44.2 Å². The van der Waals surface area contributed by atoms with Crippen molar-refractivity contribution in [3.05, 3.63) is 42.0 Å². The van der Waals surface area contributed by atoms with E-state index in [1.54, 1.807) is 6.08 Å². The molecule has 0 fully saturated rings. The molecule has 0 saturated heterocycles. The second-order valence-electron chi connectivity index (χ2n) is 2.15. The lowest BCUT2D eigenvalue weighted by Gasteiger charge is -1.97. The summed E-state index contributed by atoms with van der Waals surface area (Å²) in [7, 11) is 0. The van der Waals surface area contributed by atoms with Crippen molar-refractivity contribution in [2.24, 2.45) is 5.73 Å². The summed E-state index contributed by atoms with van der Waals surface area (Å²) in [6.07, 6.45) is 2.75. The highest BCUT2D eigenvalue weighted by atomic mass is 14.6. The first kappa shape index (κ1) is 11.4. The molecule has 3 N–H and O–H groups in total. The zero-order valence-electron chi connectivity index (χ0n) is 8.12. The molecule has 0 bridgehead atoms. The van der Waals surface area contributed by atoms with Crippen molar-refractivity contribution in [1.82, 2.24) is 0 Å². The second-order valence-corrected chi connectivity index (χ2v) is 2.15. The van der Waals surface area contributed by atoms with Gasteiger partial charge in [0.25, 0.3) is 0 Å².